The van der Waals surface area contributed by atoms with Crippen LogP contribution in [0, 0.1) is 5.92 Å². The Balaban J connectivity index is 1.34. The lowest BCUT2D eigenvalue weighted by molar-refractivity contribution is -0.206. The van der Waals surface area contributed by atoms with Gasteiger partial charge < -0.3 is 4.74 Å². The van der Waals surface area contributed by atoms with E-state index in [-0.39, 0.29) is 18.1 Å². The molecular weight excluding hydrogens is 280 g/mol. The monoisotopic (exact) mass is 308 g/mol. The van der Waals surface area contributed by atoms with Crippen molar-refractivity contribution in [2.75, 3.05) is 26.2 Å². The van der Waals surface area contributed by atoms with Gasteiger partial charge in [-0.05, 0) is 51.0 Å². The number of ether oxygens (including phenoxy) is 1. The average molecular weight is 308 g/mol. The molecule has 0 aromatic rings. The summed E-state index contributed by atoms with van der Waals surface area (Å²) in [6.07, 6.45) is 9.62. The zero-order valence-corrected chi connectivity index (χ0v) is 13.4. The summed E-state index contributed by atoms with van der Waals surface area (Å²) in [4.78, 5) is 20.7. The maximum Gasteiger partial charge on any atom is 0.275 e. The number of piperidine rings is 1. The molecule has 0 aromatic heterocycles. The summed E-state index contributed by atoms with van der Waals surface area (Å²) in [5, 5.41) is 1.56. The molecule has 3 atom stereocenters. The van der Waals surface area contributed by atoms with Gasteiger partial charge in [0.2, 0.25) is 0 Å². The average Bonchev–Trinajstić information content (AvgIpc) is 3.23. The number of nitrogens with zero attached hydrogens (tertiary/aromatic N) is 2. The quantitative estimate of drug-likeness (QED) is 0.782. The van der Waals surface area contributed by atoms with Gasteiger partial charge in [0, 0.05) is 19.1 Å². The summed E-state index contributed by atoms with van der Waals surface area (Å²) in [5.74, 6) is 0.623. The van der Waals surface area contributed by atoms with Crippen molar-refractivity contribution in [1.82, 2.24) is 9.96 Å². The molecule has 4 fully saturated rings. The molecule has 1 amide bonds. The number of fused-ring (bicyclic) bond motifs is 1. The molecule has 3 aliphatic heterocycles. The highest BCUT2D eigenvalue weighted by Gasteiger charge is 2.44. The fourth-order valence-electron chi connectivity index (χ4n) is 4.65. The van der Waals surface area contributed by atoms with Crippen LogP contribution >= 0.6 is 0 Å². The second-order valence-electron chi connectivity index (χ2n) is 7.36. The molecule has 22 heavy (non-hydrogen) atoms. The number of hydroxylamine groups is 2. The molecule has 5 nitrogen and oxygen atoms in total. The molecule has 3 saturated heterocycles. The van der Waals surface area contributed by atoms with Crippen LogP contribution in [-0.4, -0.2) is 60.4 Å². The zero-order chi connectivity index (χ0) is 14.9. The molecule has 0 unspecified atom stereocenters. The largest absolute Gasteiger partial charge is 0.363 e. The molecule has 0 radical (unpaired) electrons. The summed E-state index contributed by atoms with van der Waals surface area (Å²) < 4.78 is 6.16. The van der Waals surface area contributed by atoms with Crippen LogP contribution in [-0.2, 0) is 14.4 Å². The van der Waals surface area contributed by atoms with Crippen molar-refractivity contribution in [2.45, 2.75) is 69.6 Å². The van der Waals surface area contributed by atoms with E-state index in [2.05, 4.69) is 4.90 Å². The van der Waals surface area contributed by atoms with E-state index in [4.69, 9.17) is 9.57 Å². The van der Waals surface area contributed by atoms with Gasteiger partial charge in [-0.15, -0.1) is 0 Å². The Labute approximate surface area is 132 Å². The third-order valence-corrected chi connectivity index (χ3v) is 5.95. The predicted octanol–water partition coefficient (Wildman–Crippen LogP) is 1.96. The van der Waals surface area contributed by atoms with Crippen LogP contribution in [0.25, 0.3) is 0 Å². The van der Waals surface area contributed by atoms with Gasteiger partial charge in [-0.25, -0.2) is 5.06 Å². The molecule has 4 aliphatic rings. The van der Waals surface area contributed by atoms with Gasteiger partial charge in [-0.2, -0.15) is 0 Å². The van der Waals surface area contributed by atoms with Crippen LogP contribution in [0.3, 0.4) is 0 Å². The SMILES string of the molecule is O=C([C@H]1C[C@@H]2CCN(C3CCCC3)C[C@H]2O1)N1CCCCO1. The summed E-state index contributed by atoms with van der Waals surface area (Å²) >= 11 is 0. The standard InChI is InChI=1S/C17H28N2O3/c20-17(19-8-3-4-10-21-19)15-11-13-7-9-18(12-16(13)22-15)14-5-1-2-6-14/h13-16H,1-12H2/t13-,15+,16+/m0/s1. The normalized spacial score (nSPS) is 37.5. The first kappa shape index (κ1) is 14.9. The van der Waals surface area contributed by atoms with Crippen molar-refractivity contribution in [3.05, 3.63) is 0 Å². The second kappa shape index (κ2) is 6.46. The minimum atomic E-state index is -0.267. The first-order chi connectivity index (χ1) is 10.8. The number of carbonyl (C=O) groups excluding carboxylic acids is 1. The van der Waals surface area contributed by atoms with Crippen molar-refractivity contribution in [3.63, 3.8) is 0 Å². The fourth-order valence-corrected chi connectivity index (χ4v) is 4.65. The molecule has 1 aliphatic carbocycles. The molecule has 124 valence electrons. The van der Waals surface area contributed by atoms with E-state index >= 15 is 0 Å². The van der Waals surface area contributed by atoms with E-state index < -0.39 is 0 Å². The minimum Gasteiger partial charge on any atom is -0.363 e. The smallest absolute Gasteiger partial charge is 0.275 e. The molecule has 0 aromatic carbocycles. The molecule has 1 saturated carbocycles. The van der Waals surface area contributed by atoms with E-state index in [9.17, 15) is 4.79 Å². The summed E-state index contributed by atoms with van der Waals surface area (Å²) in [6.45, 7) is 3.61. The minimum absolute atomic E-state index is 0.0570. The lowest BCUT2D eigenvalue weighted by Gasteiger charge is -2.37. The Kier molecular flexibility index (Phi) is 4.38. The van der Waals surface area contributed by atoms with Gasteiger partial charge in [0.25, 0.3) is 5.91 Å². The molecule has 4 rings (SSSR count). The zero-order valence-electron chi connectivity index (χ0n) is 13.4. The topological polar surface area (TPSA) is 42.0 Å². The van der Waals surface area contributed by atoms with E-state index in [1.165, 1.54) is 38.6 Å². The van der Waals surface area contributed by atoms with E-state index in [0.29, 0.717) is 12.5 Å². The Morgan fingerprint density at radius 2 is 1.86 bits per heavy atom. The van der Waals surface area contributed by atoms with Crippen LogP contribution < -0.4 is 0 Å². The van der Waals surface area contributed by atoms with Crippen molar-refractivity contribution < 1.29 is 14.4 Å². The molecular formula is C17H28N2O3. The van der Waals surface area contributed by atoms with Crippen LogP contribution in [0.5, 0.6) is 0 Å². The molecule has 0 spiro atoms. The third kappa shape index (κ3) is 2.91. The summed E-state index contributed by atoms with van der Waals surface area (Å²) in [7, 11) is 0. The van der Waals surface area contributed by atoms with Gasteiger partial charge in [0.15, 0.2) is 0 Å². The molecule has 0 bridgehead atoms. The number of carbonyl (C=O) groups is 1. The highest BCUT2D eigenvalue weighted by Crippen LogP contribution is 2.36. The number of likely N-dealkylation sites (tertiary alicyclic amines) is 1. The number of rotatable bonds is 2. The lowest BCUT2D eigenvalue weighted by atomic mass is 9.90. The first-order valence-electron chi connectivity index (χ1n) is 9.15. The van der Waals surface area contributed by atoms with E-state index in [1.54, 1.807) is 5.06 Å². The first-order valence-corrected chi connectivity index (χ1v) is 9.15. The predicted molar refractivity (Wildman–Crippen MR) is 82.1 cm³/mol. The van der Waals surface area contributed by atoms with Crippen molar-refractivity contribution in [3.8, 4) is 0 Å². The Bertz CT molecular complexity index is 405. The highest BCUT2D eigenvalue weighted by atomic mass is 16.7. The second-order valence-corrected chi connectivity index (χ2v) is 7.36. The third-order valence-electron chi connectivity index (χ3n) is 5.95. The van der Waals surface area contributed by atoms with Gasteiger partial charge in [-0.1, -0.05) is 12.8 Å². The van der Waals surface area contributed by atoms with Crippen LogP contribution in [0.4, 0.5) is 0 Å². The molecule has 3 heterocycles. The molecule has 0 N–H and O–H groups in total. The Hall–Kier alpha value is -0.650. The van der Waals surface area contributed by atoms with Crippen LogP contribution in [0.1, 0.15) is 51.4 Å². The lowest BCUT2D eigenvalue weighted by Crippen LogP contribution is -2.46. The Morgan fingerprint density at radius 1 is 1.00 bits per heavy atom. The van der Waals surface area contributed by atoms with Crippen LogP contribution in [0.2, 0.25) is 0 Å². The van der Waals surface area contributed by atoms with Gasteiger partial charge >= 0.3 is 0 Å². The number of amides is 1. The van der Waals surface area contributed by atoms with Crippen molar-refractivity contribution >= 4 is 5.91 Å². The van der Waals surface area contributed by atoms with Gasteiger partial charge in [-0.3, -0.25) is 14.5 Å². The maximum absolute atomic E-state index is 12.5. The fraction of sp³-hybridized carbons (Fsp3) is 0.941. The number of hydrogen-bond donors (Lipinski definition) is 0. The number of hydrogen-bond acceptors (Lipinski definition) is 4. The van der Waals surface area contributed by atoms with E-state index in [1.807, 2.05) is 0 Å². The van der Waals surface area contributed by atoms with Gasteiger partial charge in [0.1, 0.15) is 6.10 Å². The van der Waals surface area contributed by atoms with Crippen LogP contribution in [0.15, 0.2) is 0 Å². The van der Waals surface area contributed by atoms with Gasteiger partial charge in [0.05, 0.1) is 12.7 Å². The maximum atomic E-state index is 12.5. The summed E-state index contributed by atoms with van der Waals surface area (Å²) in [5.41, 5.74) is 0. The van der Waals surface area contributed by atoms with Crippen molar-refractivity contribution in [1.29, 1.82) is 0 Å². The summed E-state index contributed by atoms with van der Waals surface area (Å²) in [6, 6.07) is 0.768. The van der Waals surface area contributed by atoms with Crippen molar-refractivity contribution in [2.24, 2.45) is 5.92 Å². The molecule has 5 heteroatoms. The Morgan fingerprint density at radius 3 is 2.64 bits per heavy atom. The van der Waals surface area contributed by atoms with E-state index in [0.717, 1.165) is 38.4 Å². The highest BCUT2D eigenvalue weighted by molar-refractivity contribution is 5.80.